The van der Waals surface area contributed by atoms with E-state index in [-0.39, 0.29) is 5.54 Å². The average molecular weight is 314 g/mol. The summed E-state index contributed by atoms with van der Waals surface area (Å²) in [5.74, 6) is 0.958. The first-order valence-corrected chi connectivity index (χ1v) is 7.32. The number of halogens is 1. The van der Waals surface area contributed by atoms with Gasteiger partial charge in [0.05, 0.1) is 6.61 Å². The zero-order valence-electron chi connectivity index (χ0n) is 11.8. The molecule has 1 rings (SSSR count). The second-order valence-electron chi connectivity index (χ2n) is 5.64. The highest BCUT2D eigenvalue weighted by molar-refractivity contribution is 9.10. The van der Waals surface area contributed by atoms with Crippen molar-refractivity contribution in [3.05, 3.63) is 28.2 Å². The first-order valence-electron chi connectivity index (χ1n) is 6.52. The number of nitrogens with one attached hydrogen (secondary N) is 1. The minimum absolute atomic E-state index is 0.212. The first-order chi connectivity index (χ1) is 8.38. The topological polar surface area (TPSA) is 21.3 Å². The van der Waals surface area contributed by atoms with Crippen LogP contribution in [0, 0.1) is 6.92 Å². The molecule has 1 aromatic carbocycles. The van der Waals surface area contributed by atoms with Crippen LogP contribution < -0.4 is 10.1 Å². The van der Waals surface area contributed by atoms with Crippen molar-refractivity contribution >= 4 is 15.9 Å². The third kappa shape index (κ3) is 6.41. The predicted octanol–water partition coefficient (Wildman–Crippen LogP) is 4.30. The maximum Gasteiger partial charge on any atom is 0.119 e. The molecular weight excluding hydrogens is 290 g/mol. The van der Waals surface area contributed by atoms with Crippen LogP contribution in [0.2, 0.25) is 0 Å². The Labute approximate surface area is 119 Å². The van der Waals surface area contributed by atoms with Gasteiger partial charge in [-0.1, -0.05) is 15.9 Å². The molecule has 0 aromatic heterocycles. The minimum atomic E-state index is 0.212. The van der Waals surface area contributed by atoms with E-state index in [2.05, 4.69) is 55.0 Å². The lowest BCUT2D eigenvalue weighted by atomic mass is 10.1. The second-order valence-corrected chi connectivity index (χ2v) is 6.50. The van der Waals surface area contributed by atoms with Crippen molar-refractivity contribution in [2.45, 2.75) is 46.1 Å². The van der Waals surface area contributed by atoms with Crippen LogP contribution in [0.5, 0.6) is 5.75 Å². The van der Waals surface area contributed by atoms with Crippen LogP contribution >= 0.6 is 15.9 Å². The summed E-state index contributed by atoms with van der Waals surface area (Å²) < 4.78 is 6.85. The quantitative estimate of drug-likeness (QED) is 0.790. The SMILES string of the molecule is Cc1cc(OCCCCNC(C)(C)C)ccc1Br. The van der Waals surface area contributed by atoms with Gasteiger partial charge in [0.25, 0.3) is 0 Å². The molecule has 1 N–H and O–H groups in total. The van der Waals surface area contributed by atoms with Gasteiger partial charge in [-0.3, -0.25) is 0 Å². The fourth-order valence-electron chi connectivity index (χ4n) is 1.59. The minimum Gasteiger partial charge on any atom is -0.494 e. The highest BCUT2D eigenvalue weighted by Crippen LogP contribution is 2.21. The molecule has 0 aliphatic heterocycles. The number of unbranched alkanes of at least 4 members (excludes halogenated alkanes) is 1. The van der Waals surface area contributed by atoms with E-state index in [1.54, 1.807) is 0 Å². The van der Waals surface area contributed by atoms with Gasteiger partial charge < -0.3 is 10.1 Å². The predicted molar refractivity (Wildman–Crippen MR) is 81.4 cm³/mol. The van der Waals surface area contributed by atoms with E-state index in [4.69, 9.17) is 4.74 Å². The summed E-state index contributed by atoms with van der Waals surface area (Å²) in [4.78, 5) is 0. The van der Waals surface area contributed by atoms with Crippen molar-refractivity contribution in [1.29, 1.82) is 0 Å². The van der Waals surface area contributed by atoms with E-state index in [1.807, 2.05) is 12.1 Å². The lowest BCUT2D eigenvalue weighted by Gasteiger charge is -2.20. The molecular formula is C15H24BrNO. The Bertz CT molecular complexity index is 371. The van der Waals surface area contributed by atoms with Crippen molar-refractivity contribution < 1.29 is 4.74 Å². The Kier molecular flexibility index (Phi) is 6.16. The largest absolute Gasteiger partial charge is 0.494 e. The molecule has 0 saturated carbocycles. The molecule has 102 valence electrons. The van der Waals surface area contributed by atoms with Crippen LogP contribution in [0.15, 0.2) is 22.7 Å². The molecule has 0 amide bonds. The molecule has 0 heterocycles. The summed E-state index contributed by atoms with van der Waals surface area (Å²) in [6.07, 6.45) is 2.23. The summed E-state index contributed by atoms with van der Waals surface area (Å²) in [6.45, 7) is 10.5. The van der Waals surface area contributed by atoms with Gasteiger partial charge in [-0.05, 0) is 70.8 Å². The van der Waals surface area contributed by atoms with E-state index in [9.17, 15) is 0 Å². The zero-order chi connectivity index (χ0) is 13.6. The number of benzene rings is 1. The number of rotatable bonds is 6. The molecule has 0 aliphatic rings. The van der Waals surface area contributed by atoms with Gasteiger partial charge in [-0.2, -0.15) is 0 Å². The van der Waals surface area contributed by atoms with Gasteiger partial charge in [-0.15, -0.1) is 0 Å². The molecule has 0 radical (unpaired) electrons. The first kappa shape index (κ1) is 15.5. The number of hydrogen-bond acceptors (Lipinski definition) is 2. The lowest BCUT2D eigenvalue weighted by Crippen LogP contribution is -2.36. The fourth-order valence-corrected chi connectivity index (χ4v) is 1.83. The van der Waals surface area contributed by atoms with E-state index >= 15 is 0 Å². The van der Waals surface area contributed by atoms with Crippen LogP contribution in [0.3, 0.4) is 0 Å². The van der Waals surface area contributed by atoms with E-state index in [0.29, 0.717) is 0 Å². The van der Waals surface area contributed by atoms with Crippen LogP contribution in [0.1, 0.15) is 39.2 Å². The second kappa shape index (κ2) is 7.15. The normalized spacial score (nSPS) is 11.6. The Morgan fingerprint density at radius 3 is 2.56 bits per heavy atom. The van der Waals surface area contributed by atoms with Crippen LogP contribution in [-0.2, 0) is 0 Å². The van der Waals surface area contributed by atoms with Crippen molar-refractivity contribution in [3.63, 3.8) is 0 Å². The zero-order valence-corrected chi connectivity index (χ0v) is 13.4. The standard InChI is InChI=1S/C15H24BrNO/c1-12-11-13(7-8-14(12)16)18-10-6-5-9-17-15(2,3)4/h7-8,11,17H,5-6,9-10H2,1-4H3. The van der Waals surface area contributed by atoms with Crippen LogP contribution in [0.4, 0.5) is 0 Å². The molecule has 0 atom stereocenters. The maximum atomic E-state index is 5.73. The Hall–Kier alpha value is -0.540. The van der Waals surface area contributed by atoms with Gasteiger partial charge >= 0.3 is 0 Å². The van der Waals surface area contributed by atoms with E-state index in [0.717, 1.165) is 36.2 Å². The molecule has 0 unspecified atom stereocenters. The van der Waals surface area contributed by atoms with Crippen LogP contribution in [0.25, 0.3) is 0 Å². The van der Waals surface area contributed by atoms with Crippen molar-refractivity contribution in [2.24, 2.45) is 0 Å². The van der Waals surface area contributed by atoms with Crippen LogP contribution in [-0.4, -0.2) is 18.7 Å². The van der Waals surface area contributed by atoms with Gasteiger partial charge in [0.15, 0.2) is 0 Å². The van der Waals surface area contributed by atoms with Gasteiger partial charge in [0.1, 0.15) is 5.75 Å². The average Bonchev–Trinajstić information content (AvgIpc) is 2.26. The molecule has 1 aromatic rings. The monoisotopic (exact) mass is 313 g/mol. The number of hydrogen-bond donors (Lipinski definition) is 1. The van der Waals surface area contributed by atoms with Crippen molar-refractivity contribution in [2.75, 3.05) is 13.2 Å². The molecule has 0 saturated heterocycles. The summed E-state index contributed by atoms with van der Waals surface area (Å²) in [5.41, 5.74) is 1.42. The molecule has 18 heavy (non-hydrogen) atoms. The van der Waals surface area contributed by atoms with Crippen molar-refractivity contribution in [1.82, 2.24) is 5.32 Å². The molecule has 0 spiro atoms. The summed E-state index contributed by atoms with van der Waals surface area (Å²) in [5, 5.41) is 3.48. The van der Waals surface area contributed by atoms with E-state index < -0.39 is 0 Å². The van der Waals surface area contributed by atoms with Gasteiger partial charge in [0, 0.05) is 10.0 Å². The highest BCUT2D eigenvalue weighted by Gasteiger charge is 2.06. The molecule has 0 aliphatic carbocycles. The number of aryl methyl sites for hydroxylation is 1. The Balaban J connectivity index is 2.16. The maximum absolute atomic E-state index is 5.73. The van der Waals surface area contributed by atoms with Gasteiger partial charge in [-0.25, -0.2) is 0 Å². The molecule has 2 nitrogen and oxygen atoms in total. The Morgan fingerprint density at radius 1 is 1.22 bits per heavy atom. The highest BCUT2D eigenvalue weighted by atomic mass is 79.9. The third-order valence-corrected chi connectivity index (χ3v) is 3.51. The Morgan fingerprint density at radius 2 is 1.94 bits per heavy atom. The molecule has 0 bridgehead atoms. The van der Waals surface area contributed by atoms with Crippen molar-refractivity contribution in [3.8, 4) is 5.75 Å². The summed E-state index contributed by atoms with van der Waals surface area (Å²) in [6, 6.07) is 6.10. The fraction of sp³-hybridized carbons (Fsp3) is 0.600. The smallest absolute Gasteiger partial charge is 0.119 e. The summed E-state index contributed by atoms with van der Waals surface area (Å²) >= 11 is 3.49. The number of ether oxygens (including phenoxy) is 1. The van der Waals surface area contributed by atoms with Gasteiger partial charge in [0.2, 0.25) is 0 Å². The molecule has 3 heteroatoms. The van der Waals surface area contributed by atoms with E-state index in [1.165, 1.54) is 5.56 Å². The summed E-state index contributed by atoms with van der Waals surface area (Å²) in [7, 11) is 0. The third-order valence-electron chi connectivity index (χ3n) is 2.62. The lowest BCUT2D eigenvalue weighted by molar-refractivity contribution is 0.301. The molecule has 0 fully saturated rings.